The molecule has 1 N–H and O–H groups in total. The van der Waals surface area contributed by atoms with Gasteiger partial charge < -0.3 is 5.32 Å². The lowest BCUT2D eigenvalue weighted by molar-refractivity contribution is -0.137. The van der Waals surface area contributed by atoms with Crippen LogP contribution in [-0.2, 0) is 11.6 Å². The van der Waals surface area contributed by atoms with Gasteiger partial charge >= 0.3 is 6.18 Å². The van der Waals surface area contributed by atoms with E-state index in [-0.39, 0.29) is 16.9 Å². The first-order valence-electron chi connectivity index (χ1n) is 9.15. The Balaban J connectivity index is 1.96. The van der Waals surface area contributed by atoms with Crippen LogP contribution in [0.3, 0.4) is 0 Å². The van der Waals surface area contributed by atoms with Crippen LogP contribution in [0.15, 0.2) is 43.0 Å². The zero-order valence-electron chi connectivity index (χ0n) is 16.8. The second-order valence-electron chi connectivity index (χ2n) is 7.31. The summed E-state index contributed by atoms with van der Waals surface area (Å²) in [6, 6.07) is 4.16. The van der Waals surface area contributed by atoms with Gasteiger partial charge in [0.2, 0.25) is 0 Å². The lowest BCUT2D eigenvalue weighted by Crippen LogP contribution is -2.29. The highest BCUT2D eigenvalue weighted by Crippen LogP contribution is 2.34. The van der Waals surface area contributed by atoms with Crippen LogP contribution in [0.2, 0.25) is 0 Å². The second-order valence-corrected chi connectivity index (χ2v) is 7.31. The van der Waals surface area contributed by atoms with Crippen molar-refractivity contribution in [2.75, 3.05) is 0 Å². The largest absolute Gasteiger partial charge is 0.416 e. The Hall–Kier alpha value is -3.81. The highest BCUT2D eigenvalue weighted by Gasteiger charge is 2.34. The van der Waals surface area contributed by atoms with E-state index in [4.69, 9.17) is 0 Å². The summed E-state index contributed by atoms with van der Waals surface area (Å²) in [7, 11) is 0. The van der Waals surface area contributed by atoms with Gasteiger partial charge in [0.05, 0.1) is 35.5 Å². The number of nitrogens with zero attached hydrogens (tertiary/aromatic N) is 6. The zero-order chi connectivity index (χ0) is 22.8. The molecule has 0 spiro atoms. The van der Waals surface area contributed by atoms with E-state index >= 15 is 0 Å². The maximum atomic E-state index is 13.4. The van der Waals surface area contributed by atoms with Crippen LogP contribution in [0.1, 0.15) is 54.0 Å². The van der Waals surface area contributed by atoms with Gasteiger partial charge in [-0.2, -0.15) is 28.6 Å². The van der Waals surface area contributed by atoms with Gasteiger partial charge in [0.25, 0.3) is 5.91 Å². The van der Waals surface area contributed by atoms with Crippen LogP contribution in [0.4, 0.5) is 13.2 Å². The average Bonchev–Trinajstić information content (AvgIpc) is 3.27. The fourth-order valence-electron chi connectivity index (χ4n) is 2.82. The third kappa shape index (κ3) is 4.69. The molecule has 11 heteroatoms. The lowest BCUT2D eigenvalue weighted by Gasteiger charge is -2.20. The lowest BCUT2D eigenvalue weighted by atomic mass is 9.84. The first-order valence-corrected chi connectivity index (χ1v) is 9.15. The molecular formula is C20H18F3N7O. The molecule has 3 aromatic rings. The fourth-order valence-corrected chi connectivity index (χ4v) is 2.82. The predicted molar refractivity (Wildman–Crippen MR) is 103 cm³/mol. The van der Waals surface area contributed by atoms with Crippen molar-refractivity contribution in [1.82, 2.24) is 30.3 Å². The molecular weight excluding hydrogens is 411 g/mol. The monoisotopic (exact) mass is 429 g/mol. The molecule has 1 atom stereocenters. The molecule has 0 fully saturated rings. The van der Waals surface area contributed by atoms with Crippen molar-refractivity contribution < 1.29 is 18.0 Å². The number of carbonyl (C=O) groups is 1. The van der Waals surface area contributed by atoms with E-state index < -0.39 is 29.1 Å². The van der Waals surface area contributed by atoms with Crippen molar-refractivity contribution in [1.29, 1.82) is 5.26 Å². The molecule has 160 valence electrons. The molecule has 0 saturated carbocycles. The highest BCUT2D eigenvalue weighted by atomic mass is 19.4. The summed E-state index contributed by atoms with van der Waals surface area (Å²) in [5, 5.41) is 19.9. The van der Waals surface area contributed by atoms with Crippen LogP contribution >= 0.6 is 0 Å². The molecule has 2 aromatic heterocycles. The Labute approximate surface area is 175 Å². The maximum absolute atomic E-state index is 13.4. The van der Waals surface area contributed by atoms with Crippen molar-refractivity contribution in [3.8, 4) is 11.9 Å². The Morgan fingerprint density at radius 2 is 1.68 bits per heavy atom. The zero-order valence-corrected chi connectivity index (χ0v) is 16.8. The predicted octanol–water partition coefficient (Wildman–Crippen LogP) is 3.37. The van der Waals surface area contributed by atoms with E-state index in [0.717, 1.165) is 12.1 Å². The molecule has 0 aliphatic rings. The molecule has 0 saturated heterocycles. The number of rotatable bonds is 5. The second kappa shape index (κ2) is 8.14. The van der Waals surface area contributed by atoms with Gasteiger partial charge in [0.1, 0.15) is 5.69 Å². The smallest absolute Gasteiger partial charge is 0.344 e. The number of alkyl halides is 3. The molecule has 1 aromatic carbocycles. The van der Waals surface area contributed by atoms with E-state index in [0.29, 0.717) is 5.69 Å². The van der Waals surface area contributed by atoms with Gasteiger partial charge in [-0.1, -0.05) is 0 Å². The molecule has 0 aliphatic heterocycles. The summed E-state index contributed by atoms with van der Waals surface area (Å²) < 4.78 is 40.2. The van der Waals surface area contributed by atoms with Gasteiger partial charge in [-0.15, -0.1) is 4.80 Å². The molecule has 1 amide bonds. The molecule has 0 bridgehead atoms. The van der Waals surface area contributed by atoms with Crippen molar-refractivity contribution in [3.05, 3.63) is 65.4 Å². The number of amides is 1. The summed E-state index contributed by atoms with van der Waals surface area (Å²) in [6.07, 6.45) is 1.07. The first kappa shape index (κ1) is 21.9. The molecule has 31 heavy (non-hydrogen) atoms. The van der Waals surface area contributed by atoms with Crippen LogP contribution in [-0.4, -0.2) is 30.9 Å². The van der Waals surface area contributed by atoms with Crippen LogP contribution < -0.4 is 5.32 Å². The number of benzene rings is 1. The van der Waals surface area contributed by atoms with Crippen LogP contribution in [0.5, 0.6) is 0 Å². The van der Waals surface area contributed by atoms with E-state index in [1.807, 2.05) is 6.07 Å². The maximum Gasteiger partial charge on any atom is 0.416 e. The van der Waals surface area contributed by atoms with Crippen molar-refractivity contribution in [3.63, 3.8) is 0 Å². The fraction of sp³-hybridized carbons (Fsp3) is 0.300. The Bertz CT molecular complexity index is 1130. The molecule has 0 radical (unpaired) electrons. The van der Waals surface area contributed by atoms with Gasteiger partial charge in [-0.3, -0.25) is 9.78 Å². The molecule has 0 aliphatic carbocycles. The Morgan fingerprint density at radius 1 is 1.06 bits per heavy atom. The number of nitrogens with one attached hydrogen (secondary N) is 1. The van der Waals surface area contributed by atoms with Gasteiger partial charge in [-0.05, 0) is 44.5 Å². The third-order valence-corrected chi connectivity index (χ3v) is 4.60. The minimum Gasteiger partial charge on any atom is -0.344 e. The number of hydrogen-bond acceptors (Lipinski definition) is 6. The van der Waals surface area contributed by atoms with Crippen molar-refractivity contribution in [2.45, 2.75) is 38.4 Å². The number of halogens is 3. The number of carbonyl (C=O) groups excluding carboxylic acids is 1. The van der Waals surface area contributed by atoms with E-state index in [1.165, 1.54) is 49.5 Å². The number of hydrogen-bond donors (Lipinski definition) is 1. The molecule has 2 heterocycles. The third-order valence-electron chi connectivity index (χ3n) is 4.60. The minimum absolute atomic E-state index is 0.0866. The van der Waals surface area contributed by atoms with Gasteiger partial charge in [0.15, 0.2) is 5.82 Å². The standard InChI is InChI=1S/C20H18F3N7O/c1-12(16-17(26-5-4-25-16)30-27-6-7-28-30)29-18(31)13-8-14(19(2,3)11-24)10-15(9-13)20(21,22)23/h4-10,12H,1-3H3,(H,29,31). The average molecular weight is 429 g/mol. The topological polar surface area (TPSA) is 109 Å². The first-order chi connectivity index (χ1) is 14.5. The van der Waals surface area contributed by atoms with Gasteiger partial charge in [-0.25, -0.2) is 4.98 Å². The molecule has 8 nitrogen and oxygen atoms in total. The number of nitriles is 1. The summed E-state index contributed by atoms with van der Waals surface area (Å²) in [6.45, 7) is 4.58. The van der Waals surface area contributed by atoms with Crippen LogP contribution in [0.25, 0.3) is 5.82 Å². The van der Waals surface area contributed by atoms with E-state index in [1.54, 1.807) is 6.92 Å². The minimum atomic E-state index is -4.67. The highest BCUT2D eigenvalue weighted by molar-refractivity contribution is 5.95. The van der Waals surface area contributed by atoms with Crippen molar-refractivity contribution >= 4 is 5.91 Å². The SMILES string of the molecule is CC(NC(=O)c1cc(C(F)(F)F)cc(C(C)(C)C#N)c1)c1nccnc1-n1nccn1. The quantitative estimate of drug-likeness (QED) is 0.666. The van der Waals surface area contributed by atoms with Crippen LogP contribution in [0, 0.1) is 11.3 Å². The van der Waals surface area contributed by atoms with E-state index in [2.05, 4.69) is 25.5 Å². The summed E-state index contributed by atoms with van der Waals surface area (Å²) in [5.74, 6) is -0.478. The summed E-state index contributed by atoms with van der Waals surface area (Å²) in [4.78, 5) is 22.4. The Morgan fingerprint density at radius 3 is 2.29 bits per heavy atom. The summed E-state index contributed by atoms with van der Waals surface area (Å²) >= 11 is 0. The normalized spacial score (nSPS) is 12.8. The van der Waals surface area contributed by atoms with Crippen molar-refractivity contribution in [2.24, 2.45) is 0 Å². The van der Waals surface area contributed by atoms with E-state index in [9.17, 15) is 23.2 Å². The summed E-state index contributed by atoms with van der Waals surface area (Å²) in [5.41, 5.74) is -2.03. The Kier molecular flexibility index (Phi) is 5.75. The molecule has 1 unspecified atom stereocenters. The molecule has 3 rings (SSSR count). The number of aromatic nitrogens is 5. The van der Waals surface area contributed by atoms with Gasteiger partial charge in [0, 0.05) is 18.0 Å².